The average Bonchev–Trinajstić information content (AvgIpc) is 2.87. The zero-order valence-corrected chi connectivity index (χ0v) is 13.3. The van der Waals surface area contributed by atoms with Gasteiger partial charge in [-0.3, -0.25) is 0 Å². The van der Waals surface area contributed by atoms with Crippen LogP contribution in [0.15, 0.2) is 41.3 Å². The van der Waals surface area contributed by atoms with Crippen LogP contribution in [0.25, 0.3) is 0 Å². The summed E-state index contributed by atoms with van der Waals surface area (Å²) in [6, 6.07) is 9.09. The first kappa shape index (κ1) is 16.6. The van der Waals surface area contributed by atoms with Crippen molar-refractivity contribution in [2.24, 2.45) is 5.14 Å². The summed E-state index contributed by atoms with van der Waals surface area (Å²) in [4.78, 5) is -0.951. The molecule has 1 unspecified atom stereocenters. The highest BCUT2D eigenvalue weighted by molar-refractivity contribution is 7.89. The Morgan fingerprint density at radius 3 is 2.25 bits per heavy atom. The second-order valence-electron chi connectivity index (χ2n) is 5.57. The molecule has 0 aliphatic carbocycles. The van der Waals surface area contributed by atoms with Crippen molar-refractivity contribution in [2.45, 2.75) is 24.2 Å². The van der Waals surface area contributed by atoms with Crippen LogP contribution in [-0.2, 0) is 16.2 Å². The smallest absolute Gasteiger partial charge is 0.360 e. The number of hydrogen-bond acceptors (Lipinski definition) is 4. The third-order valence-electron chi connectivity index (χ3n) is 3.71. The first-order valence-electron chi connectivity index (χ1n) is 6.93. The molecule has 0 saturated heterocycles. The van der Waals surface area contributed by atoms with Gasteiger partial charge >= 0.3 is 6.18 Å². The number of primary sulfonamides is 1. The van der Waals surface area contributed by atoms with Gasteiger partial charge in [-0.15, -0.1) is 0 Å². The van der Waals surface area contributed by atoms with Crippen LogP contribution in [0.1, 0.15) is 22.9 Å². The van der Waals surface area contributed by atoms with Crippen LogP contribution in [-0.4, -0.2) is 8.42 Å². The highest BCUT2D eigenvalue weighted by atomic mass is 32.2. The van der Waals surface area contributed by atoms with E-state index in [9.17, 15) is 21.6 Å². The number of sulfonamides is 1. The van der Waals surface area contributed by atoms with E-state index < -0.39 is 32.8 Å². The standard InChI is InChI=1S/C15H14F3N3O2S/c1-8-3-2-4-9(5-8)14-20-11-6-10(15(16,17)18)13(24(19,22)23)7-12(11)21-14/h2-7,14,20-21H,1H3,(H2,19,22,23). The van der Waals surface area contributed by atoms with Crippen molar-refractivity contribution in [3.05, 3.63) is 53.1 Å². The SMILES string of the molecule is Cc1cccc(C2Nc3cc(C(F)(F)F)c(S(N)(=O)=O)cc3N2)c1. The summed E-state index contributed by atoms with van der Waals surface area (Å²) in [5.74, 6) is 0. The Bertz CT molecular complexity index is 911. The van der Waals surface area contributed by atoms with Gasteiger partial charge in [0.2, 0.25) is 10.0 Å². The lowest BCUT2D eigenvalue weighted by Crippen LogP contribution is -2.19. The Hall–Kier alpha value is -2.26. The largest absolute Gasteiger partial charge is 0.417 e. The van der Waals surface area contributed by atoms with E-state index in [1.54, 1.807) is 0 Å². The number of aryl methyl sites for hydroxylation is 1. The van der Waals surface area contributed by atoms with Crippen LogP contribution >= 0.6 is 0 Å². The third-order valence-corrected chi connectivity index (χ3v) is 4.66. The molecule has 1 heterocycles. The van der Waals surface area contributed by atoms with Crippen LogP contribution in [0.4, 0.5) is 24.5 Å². The lowest BCUT2D eigenvalue weighted by Gasteiger charge is -2.13. The topological polar surface area (TPSA) is 84.2 Å². The van der Waals surface area contributed by atoms with Gasteiger partial charge in [0.05, 0.1) is 21.8 Å². The molecule has 0 fully saturated rings. The van der Waals surface area contributed by atoms with Crippen LogP contribution in [0.2, 0.25) is 0 Å². The van der Waals surface area contributed by atoms with Gasteiger partial charge in [-0.05, 0) is 24.6 Å². The van der Waals surface area contributed by atoms with Crippen molar-refractivity contribution in [1.29, 1.82) is 0 Å². The molecule has 0 saturated carbocycles. The summed E-state index contributed by atoms with van der Waals surface area (Å²) in [5.41, 5.74) is 0.938. The molecule has 5 nitrogen and oxygen atoms in total. The van der Waals surface area contributed by atoms with Crippen LogP contribution in [0, 0.1) is 6.92 Å². The van der Waals surface area contributed by atoms with E-state index in [4.69, 9.17) is 5.14 Å². The van der Waals surface area contributed by atoms with E-state index in [0.717, 1.165) is 23.3 Å². The molecule has 0 aromatic heterocycles. The molecule has 1 atom stereocenters. The predicted octanol–water partition coefficient (Wildman–Crippen LogP) is 3.20. The zero-order valence-electron chi connectivity index (χ0n) is 12.5. The number of nitrogens with one attached hydrogen (secondary N) is 2. The summed E-state index contributed by atoms with van der Waals surface area (Å²) in [6.07, 6.45) is -5.29. The predicted molar refractivity (Wildman–Crippen MR) is 84.0 cm³/mol. The van der Waals surface area contributed by atoms with Gasteiger partial charge in [0, 0.05) is 0 Å². The number of benzene rings is 2. The minimum Gasteiger partial charge on any atom is -0.360 e. The van der Waals surface area contributed by atoms with Gasteiger partial charge in [0.25, 0.3) is 0 Å². The van der Waals surface area contributed by atoms with Gasteiger partial charge in [-0.25, -0.2) is 13.6 Å². The van der Waals surface area contributed by atoms with Crippen molar-refractivity contribution in [2.75, 3.05) is 10.6 Å². The van der Waals surface area contributed by atoms with Gasteiger partial charge in [-0.2, -0.15) is 13.2 Å². The molecule has 4 N–H and O–H groups in total. The average molecular weight is 357 g/mol. The number of alkyl halides is 3. The number of nitrogens with two attached hydrogens (primary N) is 1. The molecule has 2 aromatic rings. The summed E-state index contributed by atoms with van der Waals surface area (Å²) in [5, 5.41) is 10.8. The van der Waals surface area contributed by atoms with Crippen LogP contribution in [0.5, 0.6) is 0 Å². The molecule has 0 bridgehead atoms. The van der Waals surface area contributed by atoms with E-state index in [-0.39, 0.29) is 11.4 Å². The maximum absolute atomic E-state index is 13.2. The molecule has 3 rings (SSSR count). The second-order valence-corrected chi connectivity index (χ2v) is 7.10. The fourth-order valence-electron chi connectivity index (χ4n) is 2.64. The van der Waals surface area contributed by atoms with E-state index in [1.807, 2.05) is 31.2 Å². The molecular weight excluding hydrogens is 343 g/mol. The van der Waals surface area contributed by atoms with Crippen molar-refractivity contribution >= 4 is 21.4 Å². The Morgan fingerprint density at radius 2 is 1.71 bits per heavy atom. The molecule has 9 heteroatoms. The number of halogens is 3. The van der Waals surface area contributed by atoms with Crippen molar-refractivity contribution in [1.82, 2.24) is 0 Å². The second kappa shape index (κ2) is 5.38. The normalized spacial score (nSPS) is 17.1. The van der Waals surface area contributed by atoms with Crippen molar-refractivity contribution in [3.8, 4) is 0 Å². The van der Waals surface area contributed by atoms with Crippen molar-refractivity contribution in [3.63, 3.8) is 0 Å². The molecule has 24 heavy (non-hydrogen) atoms. The number of anilines is 2. The summed E-state index contributed by atoms with van der Waals surface area (Å²) >= 11 is 0. The Morgan fingerprint density at radius 1 is 1.08 bits per heavy atom. The molecule has 128 valence electrons. The van der Waals surface area contributed by atoms with E-state index >= 15 is 0 Å². The molecule has 0 radical (unpaired) electrons. The van der Waals surface area contributed by atoms with E-state index in [0.29, 0.717) is 0 Å². The van der Waals surface area contributed by atoms with E-state index in [2.05, 4.69) is 10.6 Å². The zero-order chi connectivity index (χ0) is 17.7. The molecule has 2 aromatic carbocycles. The lowest BCUT2D eigenvalue weighted by atomic mass is 10.1. The lowest BCUT2D eigenvalue weighted by molar-refractivity contribution is -0.139. The first-order valence-corrected chi connectivity index (χ1v) is 8.48. The fourth-order valence-corrected chi connectivity index (χ4v) is 3.40. The third kappa shape index (κ3) is 3.04. The highest BCUT2D eigenvalue weighted by Crippen LogP contribution is 2.43. The highest BCUT2D eigenvalue weighted by Gasteiger charge is 2.38. The van der Waals surface area contributed by atoms with Gasteiger partial charge in [0.1, 0.15) is 6.17 Å². The molecule has 1 aliphatic rings. The molecule has 1 aliphatic heterocycles. The van der Waals surface area contributed by atoms with Gasteiger partial charge in [0.15, 0.2) is 0 Å². The monoisotopic (exact) mass is 357 g/mol. The first-order chi connectivity index (χ1) is 11.1. The molecular formula is C15H14F3N3O2S. The summed E-state index contributed by atoms with van der Waals surface area (Å²) in [7, 11) is -4.51. The number of rotatable bonds is 2. The van der Waals surface area contributed by atoms with E-state index in [1.165, 1.54) is 0 Å². The Labute approximate surface area is 136 Å². The number of hydrogen-bond donors (Lipinski definition) is 3. The maximum Gasteiger partial charge on any atom is 0.417 e. The Balaban J connectivity index is 2.07. The molecule has 0 spiro atoms. The van der Waals surface area contributed by atoms with Gasteiger partial charge < -0.3 is 10.6 Å². The summed E-state index contributed by atoms with van der Waals surface area (Å²) < 4.78 is 62.5. The minimum atomic E-state index is -4.83. The van der Waals surface area contributed by atoms with Crippen LogP contribution < -0.4 is 15.8 Å². The van der Waals surface area contributed by atoms with Crippen molar-refractivity contribution < 1.29 is 21.6 Å². The Kier molecular flexibility index (Phi) is 3.72. The van der Waals surface area contributed by atoms with Crippen LogP contribution in [0.3, 0.4) is 0 Å². The fraction of sp³-hybridized carbons (Fsp3) is 0.200. The molecule has 0 amide bonds. The summed E-state index contributed by atoms with van der Waals surface area (Å²) in [6.45, 7) is 1.90. The maximum atomic E-state index is 13.2. The quantitative estimate of drug-likeness (QED) is 0.771. The minimum absolute atomic E-state index is 0.168. The van der Waals surface area contributed by atoms with Gasteiger partial charge in [-0.1, -0.05) is 29.8 Å². The number of fused-ring (bicyclic) bond motifs is 1.